The zero-order chi connectivity index (χ0) is 8.27. The topological polar surface area (TPSA) is 3.24 Å². The largest absolute Gasteiger partial charge is 0.302 e. The molecule has 1 fully saturated rings. The summed E-state index contributed by atoms with van der Waals surface area (Å²) in [5, 5.41) is 0. The Hall–Kier alpha value is -0.820. The fourth-order valence-electron chi connectivity index (χ4n) is 1.34. The molecule has 0 atom stereocenters. The molecule has 0 aromatic heterocycles. The summed E-state index contributed by atoms with van der Waals surface area (Å²) in [6.45, 7) is 9.82. The molecule has 1 aliphatic heterocycles. The third-order valence-corrected chi connectivity index (χ3v) is 2.00. The van der Waals surface area contributed by atoms with Crippen LogP contribution in [0.5, 0.6) is 0 Å². The van der Waals surface area contributed by atoms with Crippen LogP contribution in [0.4, 0.5) is 0 Å². The second-order valence-corrected chi connectivity index (χ2v) is 3.02. The molecule has 60 valence electrons. The minimum Gasteiger partial charge on any atom is -0.302 e. The van der Waals surface area contributed by atoms with Gasteiger partial charge in [-0.15, -0.1) is 0 Å². The highest BCUT2D eigenvalue weighted by molar-refractivity contribution is 5.34. The lowest BCUT2D eigenvalue weighted by Gasteiger charge is -2.25. The van der Waals surface area contributed by atoms with E-state index in [0.717, 1.165) is 19.5 Å². The van der Waals surface area contributed by atoms with E-state index in [1.54, 1.807) is 0 Å². The van der Waals surface area contributed by atoms with Crippen LogP contribution in [0.1, 0.15) is 6.42 Å². The molecule has 0 aliphatic carbocycles. The van der Waals surface area contributed by atoms with E-state index < -0.39 is 0 Å². The van der Waals surface area contributed by atoms with Gasteiger partial charge in [-0.25, -0.2) is 0 Å². The Bertz CT molecular complexity index is 201. The van der Waals surface area contributed by atoms with Crippen LogP contribution in [-0.4, -0.2) is 25.0 Å². The highest BCUT2D eigenvalue weighted by Gasteiger charge is 2.12. The molecular weight excluding hydrogens is 134 g/mol. The van der Waals surface area contributed by atoms with Crippen molar-refractivity contribution in [1.82, 2.24) is 4.90 Å². The molecule has 0 unspecified atom stereocenters. The van der Waals surface area contributed by atoms with Gasteiger partial charge in [-0.2, -0.15) is 0 Å². The highest BCUT2D eigenvalue weighted by atomic mass is 15.1. The molecular formula is C10H15N. The number of likely N-dealkylation sites (tertiary alicyclic amines) is 1. The maximum atomic E-state index is 4.01. The first-order valence-electron chi connectivity index (χ1n) is 3.92. The molecule has 1 nitrogen and oxygen atoms in total. The molecule has 0 bridgehead atoms. The average Bonchev–Trinajstić information content (AvgIpc) is 1.95. The Balaban J connectivity index is 2.65. The van der Waals surface area contributed by atoms with Crippen LogP contribution in [0.2, 0.25) is 0 Å². The second-order valence-electron chi connectivity index (χ2n) is 3.02. The van der Waals surface area contributed by atoms with Gasteiger partial charge in [0.15, 0.2) is 0 Å². The Labute approximate surface area is 68.7 Å². The number of nitrogens with zero attached hydrogens (tertiary/aromatic N) is 1. The predicted molar refractivity (Wildman–Crippen MR) is 49.5 cm³/mol. The molecule has 0 amide bonds. The minimum atomic E-state index is 1.000. The van der Waals surface area contributed by atoms with Crippen molar-refractivity contribution in [1.29, 1.82) is 0 Å². The number of hydrogen-bond donors (Lipinski definition) is 0. The smallest absolute Gasteiger partial charge is 0.0227 e. The molecule has 1 heterocycles. The SMILES string of the molecule is C=C/C=C1/CCN(C)CC1=C. The van der Waals surface area contributed by atoms with Gasteiger partial charge in [0.2, 0.25) is 0 Å². The molecule has 0 aromatic carbocycles. The molecule has 0 N–H and O–H groups in total. The molecule has 1 saturated heterocycles. The van der Waals surface area contributed by atoms with Crippen LogP contribution in [0.3, 0.4) is 0 Å². The van der Waals surface area contributed by atoms with Gasteiger partial charge in [-0.05, 0) is 24.6 Å². The monoisotopic (exact) mass is 149 g/mol. The maximum absolute atomic E-state index is 4.01. The first-order chi connectivity index (χ1) is 5.24. The number of allylic oxidation sites excluding steroid dienone is 2. The van der Waals surface area contributed by atoms with Crippen LogP contribution in [-0.2, 0) is 0 Å². The first-order valence-corrected chi connectivity index (χ1v) is 3.92. The van der Waals surface area contributed by atoms with Crippen molar-refractivity contribution in [3.05, 3.63) is 36.5 Å². The van der Waals surface area contributed by atoms with Crippen molar-refractivity contribution in [2.24, 2.45) is 0 Å². The van der Waals surface area contributed by atoms with Crippen LogP contribution >= 0.6 is 0 Å². The quantitative estimate of drug-likeness (QED) is 0.551. The minimum absolute atomic E-state index is 1.000. The van der Waals surface area contributed by atoms with E-state index in [-0.39, 0.29) is 0 Å². The Morgan fingerprint density at radius 1 is 1.55 bits per heavy atom. The summed E-state index contributed by atoms with van der Waals surface area (Å²) in [6.07, 6.45) is 5.02. The standard InChI is InChI=1S/C10H15N/c1-4-5-10-6-7-11(3)8-9(10)2/h4-5H,1-2,6-8H2,3H3/b10-5-. The van der Waals surface area contributed by atoms with E-state index in [2.05, 4.69) is 31.2 Å². The summed E-state index contributed by atoms with van der Waals surface area (Å²) in [7, 11) is 2.12. The Morgan fingerprint density at radius 3 is 2.82 bits per heavy atom. The summed E-state index contributed by atoms with van der Waals surface area (Å²) in [6, 6.07) is 0. The molecule has 1 rings (SSSR count). The Morgan fingerprint density at radius 2 is 2.27 bits per heavy atom. The van der Waals surface area contributed by atoms with E-state index in [9.17, 15) is 0 Å². The summed E-state index contributed by atoms with van der Waals surface area (Å²) in [5.74, 6) is 0. The fraction of sp³-hybridized carbons (Fsp3) is 0.400. The summed E-state index contributed by atoms with van der Waals surface area (Å²) < 4.78 is 0. The third kappa shape index (κ3) is 2.05. The number of rotatable bonds is 1. The molecule has 11 heavy (non-hydrogen) atoms. The van der Waals surface area contributed by atoms with E-state index in [4.69, 9.17) is 0 Å². The van der Waals surface area contributed by atoms with E-state index in [1.807, 2.05) is 6.08 Å². The highest BCUT2D eigenvalue weighted by Crippen LogP contribution is 2.18. The molecule has 0 aromatic rings. The van der Waals surface area contributed by atoms with Gasteiger partial charge in [0.25, 0.3) is 0 Å². The van der Waals surface area contributed by atoms with Gasteiger partial charge >= 0.3 is 0 Å². The van der Waals surface area contributed by atoms with Crippen LogP contribution < -0.4 is 0 Å². The molecule has 1 heteroatoms. The average molecular weight is 149 g/mol. The van der Waals surface area contributed by atoms with E-state index >= 15 is 0 Å². The van der Waals surface area contributed by atoms with Crippen molar-refractivity contribution in [3.63, 3.8) is 0 Å². The molecule has 1 aliphatic rings. The van der Waals surface area contributed by atoms with Crippen molar-refractivity contribution in [2.45, 2.75) is 6.42 Å². The number of likely N-dealkylation sites (N-methyl/N-ethyl adjacent to an activating group) is 1. The van der Waals surface area contributed by atoms with Gasteiger partial charge in [0.05, 0.1) is 0 Å². The van der Waals surface area contributed by atoms with Crippen LogP contribution in [0.15, 0.2) is 36.5 Å². The summed E-state index contributed by atoms with van der Waals surface area (Å²) >= 11 is 0. The Kier molecular flexibility index (Phi) is 2.66. The van der Waals surface area contributed by atoms with Gasteiger partial charge in [-0.3, -0.25) is 0 Å². The molecule has 0 spiro atoms. The normalized spacial score (nSPS) is 24.1. The van der Waals surface area contributed by atoms with Crippen molar-refractivity contribution in [3.8, 4) is 0 Å². The van der Waals surface area contributed by atoms with Crippen LogP contribution in [0.25, 0.3) is 0 Å². The summed E-state index contributed by atoms with van der Waals surface area (Å²) in [4.78, 5) is 2.28. The number of hydrogen-bond acceptors (Lipinski definition) is 1. The lowest BCUT2D eigenvalue weighted by atomic mass is 9.99. The van der Waals surface area contributed by atoms with Gasteiger partial charge in [0.1, 0.15) is 0 Å². The van der Waals surface area contributed by atoms with E-state index in [1.165, 1.54) is 11.1 Å². The van der Waals surface area contributed by atoms with E-state index in [0.29, 0.717) is 0 Å². The fourth-order valence-corrected chi connectivity index (χ4v) is 1.34. The number of piperidine rings is 1. The van der Waals surface area contributed by atoms with Gasteiger partial charge in [0, 0.05) is 13.1 Å². The van der Waals surface area contributed by atoms with Gasteiger partial charge < -0.3 is 4.90 Å². The van der Waals surface area contributed by atoms with Crippen molar-refractivity contribution in [2.75, 3.05) is 20.1 Å². The lowest BCUT2D eigenvalue weighted by Crippen LogP contribution is -2.27. The van der Waals surface area contributed by atoms with Crippen LogP contribution in [0, 0.1) is 0 Å². The van der Waals surface area contributed by atoms with Crippen molar-refractivity contribution >= 4 is 0 Å². The second kappa shape index (κ2) is 3.54. The van der Waals surface area contributed by atoms with Gasteiger partial charge in [-0.1, -0.05) is 25.3 Å². The lowest BCUT2D eigenvalue weighted by molar-refractivity contribution is 0.348. The molecule has 0 radical (unpaired) electrons. The predicted octanol–water partition coefficient (Wildman–Crippen LogP) is 1.99. The van der Waals surface area contributed by atoms with Crippen molar-refractivity contribution < 1.29 is 0 Å². The zero-order valence-corrected chi connectivity index (χ0v) is 7.14. The first kappa shape index (κ1) is 8.28. The third-order valence-electron chi connectivity index (χ3n) is 2.00. The zero-order valence-electron chi connectivity index (χ0n) is 7.14. The maximum Gasteiger partial charge on any atom is 0.0227 e. The summed E-state index contributed by atoms with van der Waals surface area (Å²) in [5.41, 5.74) is 2.59. The molecule has 0 saturated carbocycles.